The van der Waals surface area contributed by atoms with Crippen LogP contribution in [0.1, 0.15) is 27.8 Å². The summed E-state index contributed by atoms with van der Waals surface area (Å²) >= 11 is 0. The smallest absolute Gasteiger partial charge is 0.493 e. The molecular formula is C28H28F3NO7S. The summed E-state index contributed by atoms with van der Waals surface area (Å²) in [4.78, 5) is 4.65. The molecule has 40 heavy (non-hydrogen) atoms. The Labute approximate surface area is 230 Å². The van der Waals surface area contributed by atoms with Crippen LogP contribution in [0.4, 0.5) is 13.2 Å². The molecule has 0 fully saturated rings. The number of ether oxygens (including phenoxy) is 4. The molecule has 3 aromatic carbocycles. The summed E-state index contributed by atoms with van der Waals surface area (Å²) in [6, 6.07) is 16.2. The van der Waals surface area contributed by atoms with Crippen LogP contribution < -0.4 is 18.9 Å². The summed E-state index contributed by atoms with van der Waals surface area (Å²) in [5, 5.41) is 0. The van der Waals surface area contributed by atoms with E-state index in [1.807, 2.05) is 36.4 Å². The van der Waals surface area contributed by atoms with Gasteiger partial charge in [0.1, 0.15) is 6.61 Å². The van der Waals surface area contributed by atoms with E-state index in [9.17, 15) is 21.6 Å². The van der Waals surface area contributed by atoms with E-state index in [2.05, 4.69) is 9.18 Å². The van der Waals surface area contributed by atoms with Crippen LogP contribution in [0.2, 0.25) is 0 Å². The maximum absolute atomic E-state index is 13.1. The van der Waals surface area contributed by atoms with Crippen molar-refractivity contribution in [1.29, 1.82) is 0 Å². The van der Waals surface area contributed by atoms with Crippen LogP contribution >= 0.6 is 0 Å². The Balaban J connectivity index is 1.73. The first-order valence-corrected chi connectivity index (χ1v) is 13.6. The van der Waals surface area contributed by atoms with Gasteiger partial charge in [0.25, 0.3) is 0 Å². The average Bonchev–Trinajstić information content (AvgIpc) is 2.94. The van der Waals surface area contributed by atoms with E-state index in [-0.39, 0.29) is 30.1 Å². The van der Waals surface area contributed by atoms with Gasteiger partial charge in [-0.25, -0.2) is 0 Å². The van der Waals surface area contributed by atoms with E-state index < -0.39 is 22.2 Å². The largest absolute Gasteiger partial charge is 0.523 e. The molecule has 0 spiro atoms. The highest BCUT2D eigenvalue weighted by Gasteiger charge is 2.47. The minimum atomic E-state index is -5.86. The number of halogens is 3. The van der Waals surface area contributed by atoms with Gasteiger partial charge in [0.15, 0.2) is 23.0 Å². The Hall–Kier alpha value is -3.77. The summed E-state index contributed by atoms with van der Waals surface area (Å²) in [5.74, 6) is 1.35. The van der Waals surface area contributed by atoms with Gasteiger partial charge in [-0.1, -0.05) is 36.4 Å². The molecule has 4 rings (SSSR count). The van der Waals surface area contributed by atoms with Gasteiger partial charge in [0.05, 0.1) is 27.9 Å². The third kappa shape index (κ3) is 6.34. The molecule has 1 heterocycles. The molecule has 0 atom stereocenters. The summed E-state index contributed by atoms with van der Waals surface area (Å²) in [5.41, 5.74) is -1.77. The molecular weight excluding hydrogens is 551 g/mol. The summed E-state index contributed by atoms with van der Waals surface area (Å²) in [6.45, 7) is -0.282. The third-order valence-corrected chi connectivity index (χ3v) is 7.36. The lowest BCUT2D eigenvalue weighted by atomic mass is 9.91. The second kappa shape index (κ2) is 12.2. The summed E-state index contributed by atoms with van der Waals surface area (Å²) < 4.78 is 89.4. The molecule has 0 amide bonds. The highest BCUT2D eigenvalue weighted by atomic mass is 32.2. The molecule has 1 aliphatic rings. The van der Waals surface area contributed by atoms with Crippen molar-refractivity contribution in [2.24, 2.45) is 4.99 Å². The molecule has 12 heteroatoms. The van der Waals surface area contributed by atoms with Crippen LogP contribution in [-0.2, 0) is 40.4 Å². The van der Waals surface area contributed by atoms with Crippen molar-refractivity contribution in [2.45, 2.75) is 31.6 Å². The van der Waals surface area contributed by atoms with Gasteiger partial charge >= 0.3 is 15.6 Å². The lowest BCUT2D eigenvalue weighted by Gasteiger charge is -2.22. The Morgan fingerprint density at radius 3 is 2.23 bits per heavy atom. The van der Waals surface area contributed by atoms with Crippen LogP contribution in [-0.4, -0.2) is 47.5 Å². The van der Waals surface area contributed by atoms with Crippen LogP contribution in [0.3, 0.4) is 0 Å². The van der Waals surface area contributed by atoms with Crippen molar-refractivity contribution < 1.29 is 44.7 Å². The summed E-state index contributed by atoms with van der Waals surface area (Å²) in [7, 11) is -1.49. The van der Waals surface area contributed by atoms with E-state index in [1.165, 1.54) is 21.3 Å². The van der Waals surface area contributed by atoms with Crippen molar-refractivity contribution in [1.82, 2.24) is 0 Å². The van der Waals surface area contributed by atoms with E-state index in [4.69, 9.17) is 18.9 Å². The van der Waals surface area contributed by atoms with Crippen molar-refractivity contribution >= 4 is 15.8 Å². The molecule has 0 unspecified atom stereocenters. The van der Waals surface area contributed by atoms with E-state index in [0.29, 0.717) is 35.7 Å². The number of rotatable bonds is 11. The first kappa shape index (κ1) is 29.2. The Kier molecular flexibility index (Phi) is 8.89. The molecule has 0 saturated heterocycles. The highest BCUT2D eigenvalue weighted by molar-refractivity contribution is 7.87. The molecule has 0 aromatic heterocycles. The first-order chi connectivity index (χ1) is 19.1. The third-order valence-electron chi connectivity index (χ3n) is 6.37. The van der Waals surface area contributed by atoms with Gasteiger partial charge in [-0.3, -0.25) is 9.18 Å². The quantitative estimate of drug-likeness (QED) is 0.227. The molecule has 0 radical (unpaired) electrons. The van der Waals surface area contributed by atoms with E-state index in [0.717, 1.165) is 16.7 Å². The number of methoxy groups -OCH3 is 3. The molecule has 3 aromatic rings. The number of nitrogens with zero attached hydrogens (tertiary/aromatic N) is 1. The fourth-order valence-corrected chi connectivity index (χ4v) is 4.78. The predicted molar refractivity (Wildman–Crippen MR) is 142 cm³/mol. The van der Waals surface area contributed by atoms with Crippen LogP contribution in [0, 0.1) is 0 Å². The van der Waals surface area contributed by atoms with Gasteiger partial charge in [-0.15, -0.1) is 0 Å². The zero-order chi connectivity index (χ0) is 28.9. The Morgan fingerprint density at radius 2 is 1.57 bits per heavy atom. The maximum Gasteiger partial charge on any atom is 0.523 e. The standard InChI is InChI=1S/C28H28F3NO7S/c1-35-25-14-20-11-12-32-23(21(20)15-26(25)36-2)13-19-9-10-24(38-16-18-7-5-4-6-8-18)27(37-3)22(19)17-39-40(33,34)28(29,30)31/h4-10,14-15H,11-13,16-17H2,1-3H3. The number of benzene rings is 3. The lowest BCUT2D eigenvalue weighted by Crippen LogP contribution is -2.25. The molecule has 1 aliphatic heterocycles. The van der Waals surface area contributed by atoms with Crippen molar-refractivity contribution in [2.75, 3.05) is 27.9 Å². The van der Waals surface area contributed by atoms with Gasteiger partial charge in [0, 0.05) is 29.8 Å². The minimum absolute atomic E-state index is 0.0646. The zero-order valence-electron chi connectivity index (χ0n) is 22.1. The van der Waals surface area contributed by atoms with Crippen LogP contribution in [0.15, 0.2) is 59.6 Å². The predicted octanol–water partition coefficient (Wildman–Crippen LogP) is 5.25. The Bertz CT molecular complexity index is 1490. The second-order valence-corrected chi connectivity index (χ2v) is 10.4. The van der Waals surface area contributed by atoms with Crippen molar-refractivity contribution in [3.05, 3.63) is 82.4 Å². The molecule has 8 nitrogen and oxygen atoms in total. The molecule has 0 aliphatic carbocycles. The van der Waals surface area contributed by atoms with Gasteiger partial charge in [-0.2, -0.15) is 21.6 Å². The fraction of sp³-hybridized carbons (Fsp3) is 0.321. The zero-order valence-corrected chi connectivity index (χ0v) is 22.9. The van der Waals surface area contributed by atoms with Crippen molar-refractivity contribution in [3.8, 4) is 23.0 Å². The highest BCUT2D eigenvalue weighted by Crippen LogP contribution is 2.38. The molecule has 0 bridgehead atoms. The summed E-state index contributed by atoms with van der Waals surface area (Å²) in [6.07, 6.45) is 0.817. The number of hydrogen-bond donors (Lipinski definition) is 0. The van der Waals surface area contributed by atoms with E-state index in [1.54, 1.807) is 18.2 Å². The average molecular weight is 580 g/mol. The number of hydrogen-bond acceptors (Lipinski definition) is 8. The van der Waals surface area contributed by atoms with Gasteiger partial charge in [-0.05, 0) is 41.3 Å². The van der Waals surface area contributed by atoms with Crippen molar-refractivity contribution in [3.63, 3.8) is 0 Å². The molecule has 0 saturated carbocycles. The van der Waals surface area contributed by atoms with E-state index >= 15 is 0 Å². The minimum Gasteiger partial charge on any atom is -0.493 e. The van der Waals surface area contributed by atoms with Crippen LogP contribution in [0.5, 0.6) is 23.0 Å². The SMILES string of the molecule is COc1cc2c(cc1OC)C(Cc1ccc(OCc3ccccc3)c(OC)c1COS(=O)(=O)C(F)(F)F)=NCC2. The molecule has 0 N–H and O–H groups in total. The monoisotopic (exact) mass is 579 g/mol. The second-order valence-electron chi connectivity index (χ2n) is 8.79. The topological polar surface area (TPSA) is 92.7 Å². The Morgan fingerprint density at radius 1 is 0.875 bits per heavy atom. The normalized spacial score (nSPS) is 13.3. The number of fused-ring (bicyclic) bond motifs is 1. The first-order valence-electron chi connectivity index (χ1n) is 12.2. The number of alkyl halides is 3. The van der Waals surface area contributed by atoms with Crippen LogP contribution in [0.25, 0.3) is 0 Å². The number of aliphatic imine (C=N–C) groups is 1. The maximum atomic E-state index is 13.1. The van der Waals surface area contributed by atoms with Gasteiger partial charge < -0.3 is 18.9 Å². The fourth-order valence-electron chi connectivity index (χ4n) is 4.37. The lowest BCUT2D eigenvalue weighted by molar-refractivity contribution is -0.0548. The molecule has 214 valence electrons. The van der Waals surface area contributed by atoms with Gasteiger partial charge in [0.2, 0.25) is 0 Å².